The van der Waals surface area contributed by atoms with Gasteiger partial charge in [0.15, 0.2) is 5.78 Å². The zero-order valence-electron chi connectivity index (χ0n) is 10.7. The Hall–Kier alpha value is -2.23. The van der Waals surface area contributed by atoms with Crippen LogP contribution in [-0.4, -0.2) is 12.3 Å². The summed E-state index contributed by atoms with van der Waals surface area (Å²) < 4.78 is 27.1. The van der Waals surface area contributed by atoms with E-state index >= 15 is 0 Å². The molecule has 0 aliphatic carbocycles. The Balaban J connectivity index is 1.86. The van der Waals surface area contributed by atoms with Crippen LogP contribution in [0, 0.1) is 11.6 Å². The fraction of sp³-hybridized carbons (Fsp3) is 0.188. The monoisotopic (exact) mass is 273 g/mol. The quantitative estimate of drug-likeness (QED) is 0.869. The second-order valence-electron chi connectivity index (χ2n) is 4.85. The number of anilines is 1. The molecular formula is C16H13F2NO. The summed E-state index contributed by atoms with van der Waals surface area (Å²) in [7, 11) is 0. The third-order valence-electron chi connectivity index (χ3n) is 3.54. The van der Waals surface area contributed by atoms with Crippen molar-refractivity contribution in [3.8, 4) is 0 Å². The van der Waals surface area contributed by atoms with Crippen LogP contribution >= 0.6 is 0 Å². The van der Waals surface area contributed by atoms with Crippen LogP contribution in [0.25, 0.3) is 0 Å². The predicted molar refractivity (Wildman–Crippen MR) is 73.0 cm³/mol. The van der Waals surface area contributed by atoms with E-state index in [0.717, 1.165) is 36.3 Å². The molecule has 0 atom stereocenters. The molecule has 0 spiro atoms. The first-order valence-corrected chi connectivity index (χ1v) is 6.48. The van der Waals surface area contributed by atoms with Crippen LogP contribution < -0.4 is 5.32 Å². The van der Waals surface area contributed by atoms with Gasteiger partial charge in [-0.05, 0) is 42.3 Å². The molecule has 0 amide bonds. The summed E-state index contributed by atoms with van der Waals surface area (Å²) in [5.74, 6) is -1.63. The van der Waals surface area contributed by atoms with Crippen LogP contribution in [0.5, 0.6) is 0 Å². The van der Waals surface area contributed by atoms with Gasteiger partial charge in [-0.2, -0.15) is 0 Å². The van der Waals surface area contributed by atoms with E-state index < -0.39 is 11.6 Å². The number of hydrogen-bond acceptors (Lipinski definition) is 2. The summed E-state index contributed by atoms with van der Waals surface area (Å²) in [4.78, 5) is 12.2. The Morgan fingerprint density at radius 3 is 2.65 bits per heavy atom. The lowest BCUT2D eigenvalue weighted by atomic mass is 9.99. The summed E-state index contributed by atoms with van der Waals surface area (Å²) in [5, 5.41) is 3.20. The number of carbonyl (C=O) groups excluding carboxylic acids is 1. The molecule has 1 N–H and O–H groups in total. The van der Waals surface area contributed by atoms with E-state index in [2.05, 4.69) is 5.32 Å². The summed E-state index contributed by atoms with van der Waals surface area (Å²) in [6, 6.07) is 8.96. The first-order valence-electron chi connectivity index (χ1n) is 6.48. The minimum atomic E-state index is -0.679. The molecule has 1 heterocycles. The lowest BCUT2D eigenvalue weighted by Gasteiger charge is -2.06. The normalized spacial score (nSPS) is 12.9. The lowest BCUT2D eigenvalue weighted by Crippen LogP contribution is -2.07. The van der Waals surface area contributed by atoms with Gasteiger partial charge in [-0.3, -0.25) is 4.79 Å². The first-order chi connectivity index (χ1) is 9.65. The molecule has 0 unspecified atom stereocenters. The van der Waals surface area contributed by atoms with Crippen molar-refractivity contribution >= 4 is 11.5 Å². The van der Waals surface area contributed by atoms with Gasteiger partial charge in [0.1, 0.15) is 11.6 Å². The highest BCUT2D eigenvalue weighted by molar-refractivity contribution is 5.98. The first kappa shape index (κ1) is 12.8. The molecule has 1 aliphatic rings. The van der Waals surface area contributed by atoms with Crippen LogP contribution in [-0.2, 0) is 12.8 Å². The molecule has 0 saturated heterocycles. The average Bonchev–Trinajstić information content (AvgIpc) is 2.90. The molecule has 0 fully saturated rings. The molecule has 3 rings (SSSR count). The number of benzene rings is 2. The second-order valence-corrected chi connectivity index (χ2v) is 4.85. The molecule has 2 aromatic rings. The molecule has 0 bridgehead atoms. The SMILES string of the molecule is O=C(Cc1c(F)cccc1F)c1ccc2c(c1)CCN2. The molecule has 4 heteroatoms. The number of rotatable bonds is 3. The third-order valence-corrected chi connectivity index (χ3v) is 3.54. The van der Waals surface area contributed by atoms with Gasteiger partial charge >= 0.3 is 0 Å². The van der Waals surface area contributed by atoms with Gasteiger partial charge in [0.2, 0.25) is 0 Å². The van der Waals surface area contributed by atoms with Crippen molar-refractivity contribution in [2.45, 2.75) is 12.8 Å². The molecule has 0 saturated carbocycles. The Morgan fingerprint density at radius 1 is 1.15 bits per heavy atom. The number of hydrogen-bond donors (Lipinski definition) is 1. The highest BCUT2D eigenvalue weighted by atomic mass is 19.1. The van der Waals surface area contributed by atoms with Crippen LogP contribution in [0.2, 0.25) is 0 Å². The zero-order valence-corrected chi connectivity index (χ0v) is 10.7. The van der Waals surface area contributed by atoms with Gasteiger partial charge in [0.25, 0.3) is 0 Å². The molecular weight excluding hydrogens is 260 g/mol. The maximum atomic E-state index is 13.5. The second kappa shape index (κ2) is 5.04. The maximum absolute atomic E-state index is 13.5. The van der Waals surface area contributed by atoms with Gasteiger partial charge in [0, 0.05) is 29.8 Å². The summed E-state index contributed by atoms with van der Waals surface area (Å²) in [5.41, 5.74) is 2.43. The molecule has 20 heavy (non-hydrogen) atoms. The van der Waals surface area contributed by atoms with Crippen LogP contribution in [0.4, 0.5) is 14.5 Å². The smallest absolute Gasteiger partial charge is 0.167 e. The van der Waals surface area contributed by atoms with E-state index in [1.165, 1.54) is 6.07 Å². The third kappa shape index (κ3) is 2.29. The van der Waals surface area contributed by atoms with Crippen molar-refractivity contribution < 1.29 is 13.6 Å². The minimum Gasteiger partial charge on any atom is -0.384 e. The van der Waals surface area contributed by atoms with Gasteiger partial charge in [-0.25, -0.2) is 8.78 Å². The zero-order chi connectivity index (χ0) is 14.1. The van der Waals surface area contributed by atoms with Crippen molar-refractivity contribution in [2.75, 3.05) is 11.9 Å². The number of carbonyl (C=O) groups is 1. The Labute approximate surface area is 115 Å². The van der Waals surface area contributed by atoms with Gasteiger partial charge in [0.05, 0.1) is 0 Å². The van der Waals surface area contributed by atoms with Crippen molar-refractivity contribution in [3.63, 3.8) is 0 Å². The lowest BCUT2D eigenvalue weighted by molar-refractivity contribution is 0.0990. The maximum Gasteiger partial charge on any atom is 0.167 e. The van der Waals surface area contributed by atoms with E-state index in [9.17, 15) is 13.6 Å². The molecule has 2 nitrogen and oxygen atoms in total. The fourth-order valence-electron chi connectivity index (χ4n) is 2.44. The van der Waals surface area contributed by atoms with E-state index in [-0.39, 0.29) is 17.8 Å². The van der Waals surface area contributed by atoms with Crippen LogP contribution in [0.1, 0.15) is 21.5 Å². The number of ketones is 1. The summed E-state index contributed by atoms with van der Waals surface area (Å²) in [6.45, 7) is 0.856. The molecule has 2 aromatic carbocycles. The van der Waals surface area contributed by atoms with E-state index in [1.54, 1.807) is 12.1 Å². The van der Waals surface area contributed by atoms with Crippen molar-refractivity contribution in [1.82, 2.24) is 0 Å². The highest BCUT2D eigenvalue weighted by Gasteiger charge is 2.17. The number of fused-ring (bicyclic) bond motifs is 1. The molecule has 0 radical (unpaired) electrons. The molecule has 1 aliphatic heterocycles. The van der Waals surface area contributed by atoms with Crippen LogP contribution in [0.15, 0.2) is 36.4 Å². The minimum absolute atomic E-state index is 0.170. The van der Waals surface area contributed by atoms with E-state index in [0.29, 0.717) is 5.56 Å². The number of Topliss-reactive ketones (excluding diaryl/α,β-unsaturated/α-hetero) is 1. The molecule has 102 valence electrons. The largest absolute Gasteiger partial charge is 0.384 e. The van der Waals surface area contributed by atoms with Gasteiger partial charge in [-0.15, -0.1) is 0 Å². The molecule has 0 aromatic heterocycles. The Morgan fingerprint density at radius 2 is 1.90 bits per heavy atom. The number of nitrogens with one attached hydrogen (secondary N) is 1. The highest BCUT2D eigenvalue weighted by Crippen LogP contribution is 2.24. The van der Waals surface area contributed by atoms with Gasteiger partial charge < -0.3 is 5.32 Å². The predicted octanol–water partition coefficient (Wildman–Crippen LogP) is 3.36. The Bertz CT molecular complexity index is 662. The standard InChI is InChI=1S/C16H13F2NO/c17-13-2-1-3-14(18)12(13)9-16(20)11-4-5-15-10(8-11)6-7-19-15/h1-5,8,19H,6-7,9H2. The van der Waals surface area contributed by atoms with E-state index in [1.807, 2.05) is 6.07 Å². The summed E-state index contributed by atoms with van der Waals surface area (Å²) >= 11 is 0. The Kier molecular flexibility index (Phi) is 3.22. The van der Waals surface area contributed by atoms with Gasteiger partial charge in [-0.1, -0.05) is 6.07 Å². The number of halogens is 2. The van der Waals surface area contributed by atoms with Crippen molar-refractivity contribution in [3.05, 3.63) is 64.7 Å². The van der Waals surface area contributed by atoms with Crippen molar-refractivity contribution in [2.24, 2.45) is 0 Å². The van der Waals surface area contributed by atoms with Crippen LogP contribution in [0.3, 0.4) is 0 Å². The average molecular weight is 273 g/mol. The van der Waals surface area contributed by atoms with Crippen molar-refractivity contribution in [1.29, 1.82) is 0 Å². The van der Waals surface area contributed by atoms with E-state index in [4.69, 9.17) is 0 Å². The topological polar surface area (TPSA) is 29.1 Å². The summed E-state index contributed by atoms with van der Waals surface area (Å²) in [6.07, 6.45) is 0.606. The fourth-order valence-corrected chi connectivity index (χ4v) is 2.44.